The van der Waals surface area contributed by atoms with E-state index in [1.807, 2.05) is 12.1 Å². The first-order chi connectivity index (χ1) is 16.4. The van der Waals surface area contributed by atoms with Crippen molar-refractivity contribution in [2.45, 2.75) is 26.2 Å². The molecule has 34 heavy (non-hydrogen) atoms. The van der Waals surface area contributed by atoms with Crippen molar-refractivity contribution in [2.24, 2.45) is 5.10 Å². The number of nitrogens with one attached hydrogen (secondary N) is 2. The predicted octanol–water partition coefficient (Wildman–Crippen LogP) is 6.12. The van der Waals surface area contributed by atoms with E-state index in [2.05, 4.69) is 22.8 Å². The van der Waals surface area contributed by atoms with Gasteiger partial charge in [-0.25, -0.2) is 5.43 Å². The third kappa shape index (κ3) is 7.90. The van der Waals surface area contributed by atoms with E-state index in [0.717, 1.165) is 24.8 Å². The van der Waals surface area contributed by atoms with E-state index in [1.54, 1.807) is 54.6 Å². The van der Waals surface area contributed by atoms with E-state index in [9.17, 15) is 9.59 Å². The lowest BCUT2D eigenvalue weighted by Gasteiger charge is -2.08. The Morgan fingerprint density at radius 1 is 0.971 bits per heavy atom. The Hall–Kier alpha value is -3.35. The zero-order valence-electron chi connectivity index (χ0n) is 18.7. The lowest BCUT2D eigenvalue weighted by Crippen LogP contribution is -2.20. The summed E-state index contributed by atoms with van der Waals surface area (Å²) in [5.74, 6) is -0.0787. The molecule has 0 spiro atoms. The van der Waals surface area contributed by atoms with E-state index in [4.69, 9.17) is 27.9 Å². The first kappa shape index (κ1) is 25.3. The van der Waals surface area contributed by atoms with Crippen LogP contribution in [0.2, 0.25) is 10.0 Å². The summed E-state index contributed by atoms with van der Waals surface area (Å²) in [7, 11) is 0. The molecule has 0 fully saturated rings. The van der Waals surface area contributed by atoms with Crippen molar-refractivity contribution < 1.29 is 14.3 Å². The van der Waals surface area contributed by atoms with Gasteiger partial charge in [0.25, 0.3) is 11.8 Å². The number of hydrogen-bond donors (Lipinski definition) is 2. The van der Waals surface area contributed by atoms with E-state index >= 15 is 0 Å². The SMILES string of the molecule is CCCCc1ccc(C(=O)NN=Cc2ccc(OCC(=O)Nc3ccc(Cl)c(Cl)c3)cc2)cc1. The largest absolute Gasteiger partial charge is 0.484 e. The smallest absolute Gasteiger partial charge is 0.271 e. The minimum absolute atomic E-state index is 0.166. The third-order valence-electron chi connectivity index (χ3n) is 4.87. The number of carbonyl (C=O) groups is 2. The number of halogens is 2. The van der Waals surface area contributed by atoms with Gasteiger partial charge in [0, 0.05) is 11.3 Å². The van der Waals surface area contributed by atoms with Crippen molar-refractivity contribution in [3.63, 3.8) is 0 Å². The summed E-state index contributed by atoms with van der Waals surface area (Å²) in [4.78, 5) is 24.3. The molecule has 0 aliphatic rings. The predicted molar refractivity (Wildman–Crippen MR) is 137 cm³/mol. The Morgan fingerprint density at radius 3 is 2.38 bits per heavy atom. The van der Waals surface area contributed by atoms with Crippen LogP contribution in [0.1, 0.15) is 41.3 Å². The lowest BCUT2D eigenvalue weighted by molar-refractivity contribution is -0.118. The minimum atomic E-state index is -0.329. The van der Waals surface area contributed by atoms with Crippen molar-refractivity contribution in [2.75, 3.05) is 11.9 Å². The van der Waals surface area contributed by atoms with Crippen LogP contribution in [0.3, 0.4) is 0 Å². The Balaban J connectivity index is 1.44. The summed E-state index contributed by atoms with van der Waals surface area (Å²) in [5.41, 5.74) is 5.60. The van der Waals surface area contributed by atoms with Crippen LogP contribution in [0.15, 0.2) is 71.8 Å². The van der Waals surface area contributed by atoms with Gasteiger partial charge in [-0.3, -0.25) is 9.59 Å². The maximum absolute atomic E-state index is 12.2. The van der Waals surface area contributed by atoms with Crippen LogP contribution in [-0.2, 0) is 11.2 Å². The van der Waals surface area contributed by atoms with Crippen molar-refractivity contribution in [3.05, 3.63) is 93.5 Å². The van der Waals surface area contributed by atoms with Gasteiger partial charge in [-0.05, 0) is 78.6 Å². The standard InChI is InChI=1S/C26H25Cl2N3O3/c1-2-3-4-18-5-9-20(10-6-18)26(33)31-29-16-19-7-12-22(13-8-19)34-17-25(32)30-21-11-14-23(27)24(28)15-21/h5-16H,2-4,17H2,1H3,(H,30,32)(H,31,33). The highest BCUT2D eigenvalue weighted by atomic mass is 35.5. The second kappa shape index (κ2) is 12.8. The van der Waals surface area contributed by atoms with Crippen LogP contribution in [-0.4, -0.2) is 24.6 Å². The molecular weight excluding hydrogens is 473 g/mol. The number of aryl methyl sites for hydroxylation is 1. The van der Waals surface area contributed by atoms with Crippen LogP contribution < -0.4 is 15.5 Å². The Labute approximate surface area is 208 Å². The summed E-state index contributed by atoms with van der Waals surface area (Å²) in [5, 5.41) is 7.46. The Kier molecular flexibility index (Phi) is 9.50. The molecule has 3 aromatic rings. The lowest BCUT2D eigenvalue weighted by atomic mass is 10.1. The van der Waals surface area contributed by atoms with Gasteiger partial charge in [0.15, 0.2) is 6.61 Å². The number of hydrogen-bond acceptors (Lipinski definition) is 4. The summed E-state index contributed by atoms with van der Waals surface area (Å²) in [6.45, 7) is 1.99. The van der Waals surface area contributed by atoms with Crippen molar-refractivity contribution in [1.29, 1.82) is 0 Å². The summed E-state index contributed by atoms with van der Waals surface area (Å²) in [6.07, 6.45) is 4.82. The van der Waals surface area contributed by atoms with Crippen molar-refractivity contribution >= 4 is 46.9 Å². The molecule has 0 aliphatic carbocycles. The summed E-state index contributed by atoms with van der Waals surface area (Å²) < 4.78 is 5.50. The number of nitrogens with zero attached hydrogens (tertiary/aromatic N) is 1. The van der Waals surface area contributed by atoms with Crippen molar-refractivity contribution in [3.8, 4) is 5.75 Å². The number of carbonyl (C=O) groups excluding carboxylic acids is 2. The highest BCUT2D eigenvalue weighted by molar-refractivity contribution is 6.42. The number of unbranched alkanes of at least 4 members (excludes halogenated alkanes) is 1. The molecule has 3 rings (SSSR count). The average molecular weight is 498 g/mol. The van der Waals surface area contributed by atoms with Gasteiger partial charge < -0.3 is 10.1 Å². The van der Waals surface area contributed by atoms with E-state index in [-0.39, 0.29) is 18.4 Å². The van der Waals surface area contributed by atoms with E-state index in [1.165, 1.54) is 11.8 Å². The van der Waals surface area contributed by atoms with Crippen LogP contribution in [0.5, 0.6) is 5.75 Å². The molecule has 0 aromatic heterocycles. The number of ether oxygens (including phenoxy) is 1. The molecule has 0 heterocycles. The van der Waals surface area contributed by atoms with E-state index < -0.39 is 0 Å². The van der Waals surface area contributed by atoms with Gasteiger partial charge in [0.05, 0.1) is 16.3 Å². The second-order valence-electron chi connectivity index (χ2n) is 7.53. The molecule has 0 saturated carbocycles. The molecular formula is C26H25Cl2N3O3. The molecule has 6 nitrogen and oxygen atoms in total. The third-order valence-corrected chi connectivity index (χ3v) is 5.61. The zero-order chi connectivity index (χ0) is 24.3. The topological polar surface area (TPSA) is 79.8 Å². The molecule has 0 saturated heterocycles. The Morgan fingerprint density at radius 2 is 1.71 bits per heavy atom. The first-order valence-electron chi connectivity index (χ1n) is 10.8. The molecule has 2 amide bonds. The molecule has 2 N–H and O–H groups in total. The second-order valence-corrected chi connectivity index (χ2v) is 8.35. The van der Waals surface area contributed by atoms with Crippen LogP contribution >= 0.6 is 23.2 Å². The van der Waals surface area contributed by atoms with Crippen molar-refractivity contribution in [1.82, 2.24) is 5.43 Å². The molecule has 8 heteroatoms. The fourth-order valence-electron chi connectivity index (χ4n) is 3.00. The van der Waals surface area contributed by atoms with Gasteiger partial charge in [-0.2, -0.15) is 5.10 Å². The maximum atomic E-state index is 12.2. The fourth-order valence-corrected chi connectivity index (χ4v) is 3.30. The van der Waals surface area contributed by atoms with Gasteiger partial charge in [0.2, 0.25) is 0 Å². The van der Waals surface area contributed by atoms with Crippen LogP contribution in [0, 0.1) is 0 Å². The molecule has 0 bridgehead atoms. The number of hydrazone groups is 1. The van der Waals surface area contributed by atoms with Gasteiger partial charge >= 0.3 is 0 Å². The molecule has 0 atom stereocenters. The van der Waals surface area contributed by atoms with Gasteiger partial charge in [-0.1, -0.05) is 48.7 Å². The quantitative estimate of drug-likeness (QED) is 0.261. The van der Waals surface area contributed by atoms with Crippen LogP contribution in [0.25, 0.3) is 0 Å². The highest BCUT2D eigenvalue weighted by Crippen LogP contribution is 2.25. The average Bonchev–Trinajstić information content (AvgIpc) is 2.85. The monoisotopic (exact) mass is 497 g/mol. The zero-order valence-corrected chi connectivity index (χ0v) is 20.2. The summed E-state index contributed by atoms with van der Waals surface area (Å²) >= 11 is 11.8. The highest BCUT2D eigenvalue weighted by Gasteiger charge is 2.06. The molecule has 0 unspecified atom stereocenters. The molecule has 176 valence electrons. The van der Waals surface area contributed by atoms with Crippen LogP contribution in [0.4, 0.5) is 5.69 Å². The number of rotatable bonds is 10. The molecule has 0 radical (unpaired) electrons. The molecule has 0 aliphatic heterocycles. The van der Waals surface area contributed by atoms with E-state index in [0.29, 0.717) is 27.0 Å². The van der Waals surface area contributed by atoms with Gasteiger partial charge in [0.1, 0.15) is 5.75 Å². The normalized spacial score (nSPS) is 10.8. The van der Waals surface area contributed by atoms with Gasteiger partial charge in [-0.15, -0.1) is 0 Å². The fraction of sp³-hybridized carbons (Fsp3) is 0.192. The summed E-state index contributed by atoms with van der Waals surface area (Å²) in [6, 6.07) is 19.3. The molecule has 3 aromatic carbocycles. The minimum Gasteiger partial charge on any atom is -0.484 e. The number of anilines is 1. The maximum Gasteiger partial charge on any atom is 0.271 e. The first-order valence-corrected chi connectivity index (χ1v) is 11.6. The number of amides is 2. The Bertz CT molecular complexity index is 1150. The number of benzene rings is 3.